The van der Waals surface area contributed by atoms with Crippen molar-refractivity contribution in [2.75, 3.05) is 59.7 Å². The molecular formula is C15H26N2O4. The molecule has 1 spiro atoms. The highest BCUT2D eigenvalue weighted by Crippen LogP contribution is 2.37. The fourth-order valence-electron chi connectivity index (χ4n) is 3.71. The van der Waals surface area contributed by atoms with Crippen molar-refractivity contribution in [3.05, 3.63) is 0 Å². The van der Waals surface area contributed by atoms with Crippen LogP contribution in [0.15, 0.2) is 0 Å². The summed E-state index contributed by atoms with van der Waals surface area (Å²) < 4.78 is 17.0. The highest BCUT2D eigenvalue weighted by Gasteiger charge is 2.46. The van der Waals surface area contributed by atoms with Gasteiger partial charge in [0, 0.05) is 39.9 Å². The average Bonchev–Trinajstić information content (AvgIpc) is 2.99. The SMILES string of the molecule is CO[C@H]1CN(CC(=O)N2CCOCC2)CC[C@@]12CCCO2. The van der Waals surface area contributed by atoms with Gasteiger partial charge in [-0.2, -0.15) is 0 Å². The summed E-state index contributed by atoms with van der Waals surface area (Å²) in [6.45, 7) is 5.76. The molecule has 0 aromatic carbocycles. The van der Waals surface area contributed by atoms with E-state index in [9.17, 15) is 4.79 Å². The van der Waals surface area contributed by atoms with Crippen LogP contribution in [0.4, 0.5) is 0 Å². The molecule has 0 aromatic rings. The van der Waals surface area contributed by atoms with Crippen LogP contribution < -0.4 is 0 Å². The van der Waals surface area contributed by atoms with Crippen molar-refractivity contribution in [1.29, 1.82) is 0 Å². The minimum atomic E-state index is -0.104. The number of ether oxygens (including phenoxy) is 3. The third kappa shape index (κ3) is 3.23. The van der Waals surface area contributed by atoms with Gasteiger partial charge in [-0.15, -0.1) is 0 Å². The Bertz CT molecular complexity index is 365. The molecule has 0 aromatic heterocycles. The van der Waals surface area contributed by atoms with Gasteiger partial charge in [-0.1, -0.05) is 0 Å². The number of piperidine rings is 1. The number of hydrogen-bond acceptors (Lipinski definition) is 5. The third-order valence-corrected chi connectivity index (χ3v) is 5.00. The molecule has 3 aliphatic heterocycles. The monoisotopic (exact) mass is 298 g/mol. The van der Waals surface area contributed by atoms with Crippen molar-refractivity contribution in [1.82, 2.24) is 9.80 Å². The molecule has 0 aliphatic carbocycles. The Balaban J connectivity index is 1.54. The van der Waals surface area contributed by atoms with Gasteiger partial charge >= 0.3 is 0 Å². The smallest absolute Gasteiger partial charge is 0.236 e. The van der Waals surface area contributed by atoms with Crippen LogP contribution in [-0.2, 0) is 19.0 Å². The first-order valence-electron chi connectivity index (χ1n) is 7.98. The topological polar surface area (TPSA) is 51.2 Å². The molecule has 120 valence electrons. The highest BCUT2D eigenvalue weighted by molar-refractivity contribution is 5.78. The van der Waals surface area contributed by atoms with Gasteiger partial charge in [0.15, 0.2) is 0 Å². The van der Waals surface area contributed by atoms with Gasteiger partial charge in [0.2, 0.25) is 5.91 Å². The maximum absolute atomic E-state index is 12.3. The van der Waals surface area contributed by atoms with Crippen molar-refractivity contribution in [2.24, 2.45) is 0 Å². The van der Waals surface area contributed by atoms with Crippen LogP contribution in [0, 0.1) is 0 Å². The first-order valence-corrected chi connectivity index (χ1v) is 7.98. The number of likely N-dealkylation sites (tertiary alicyclic amines) is 1. The largest absolute Gasteiger partial charge is 0.378 e. The van der Waals surface area contributed by atoms with Crippen LogP contribution in [-0.4, -0.2) is 87.1 Å². The van der Waals surface area contributed by atoms with E-state index in [1.54, 1.807) is 7.11 Å². The maximum atomic E-state index is 12.3. The fourth-order valence-corrected chi connectivity index (χ4v) is 3.71. The standard InChI is InChI=1S/C15H26N2O4/c1-19-13-11-16(5-4-15(13)3-2-8-21-15)12-14(18)17-6-9-20-10-7-17/h13H,2-12H2,1H3/t13-,15-/m0/s1. The second-order valence-electron chi connectivity index (χ2n) is 6.22. The van der Waals surface area contributed by atoms with E-state index in [4.69, 9.17) is 14.2 Å². The number of methoxy groups -OCH3 is 1. The van der Waals surface area contributed by atoms with Gasteiger partial charge in [-0.3, -0.25) is 9.69 Å². The molecule has 3 rings (SSSR count). The summed E-state index contributed by atoms with van der Waals surface area (Å²) in [5, 5.41) is 0. The van der Waals surface area contributed by atoms with Gasteiger partial charge < -0.3 is 19.1 Å². The Morgan fingerprint density at radius 3 is 2.71 bits per heavy atom. The van der Waals surface area contributed by atoms with Gasteiger partial charge in [-0.25, -0.2) is 0 Å². The molecule has 3 aliphatic rings. The van der Waals surface area contributed by atoms with E-state index >= 15 is 0 Å². The highest BCUT2D eigenvalue weighted by atomic mass is 16.5. The molecule has 21 heavy (non-hydrogen) atoms. The van der Waals surface area contributed by atoms with E-state index in [2.05, 4.69) is 4.90 Å². The third-order valence-electron chi connectivity index (χ3n) is 5.00. The van der Waals surface area contributed by atoms with E-state index in [0.717, 1.165) is 39.0 Å². The summed E-state index contributed by atoms with van der Waals surface area (Å²) in [4.78, 5) is 16.4. The second kappa shape index (κ2) is 6.60. The minimum Gasteiger partial charge on any atom is -0.378 e. The Kier molecular flexibility index (Phi) is 4.78. The van der Waals surface area contributed by atoms with Crippen molar-refractivity contribution < 1.29 is 19.0 Å². The zero-order valence-corrected chi connectivity index (χ0v) is 12.9. The minimum absolute atomic E-state index is 0.0752. The maximum Gasteiger partial charge on any atom is 0.236 e. The van der Waals surface area contributed by atoms with Crippen LogP contribution in [0.25, 0.3) is 0 Å². The van der Waals surface area contributed by atoms with Crippen molar-refractivity contribution in [3.63, 3.8) is 0 Å². The van der Waals surface area contributed by atoms with Crippen LogP contribution >= 0.6 is 0 Å². The summed E-state index contributed by atoms with van der Waals surface area (Å²) in [6, 6.07) is 0. The lowest BCUT2D eigenvalue weighted by Gasteiger charge is -2.44. The van der Waals surface area contributed by atoms with Crippen molar-refractivity contribution in [2.45, 2.75) is 31.0 Å². The normalized spacial score (nSPS) is 34.5. The van der Waals surface area contributed by atoms with E-state index in [1.165, 1.54) is 0 Å². The number of amides is 1. The van der Waals surface area contributed by atoms with Crippen LogP contribution in [0.2, 0.25) is 0 Å². The number of rotatable bonds is 3. The predicted molar refractivity (Wildman–Crippen MR) is 77.2 cm³/mol. The van der Waals surface area contributed by atoms with Gasteiger partial charge in [-0.05, 0) is 19.3 Å². The van der Waals surface area contributed by atoms with Crippen molar-refractivity contribution >= 4 is 5.91 Å². The zero-order valence-electron chi connectivity index (χ0n) is 12.9. The van der Waals surface area contributed by atoms with Gasteiger partial charge in [0.1, 0.15) is 0 Å². The van der Waals surface area contributed by atoms with E-state index in [-0.39, 0.29) is 17.6 Å². The number of carbonyl (C=O) groups is 1. The van der Waals surface area contributed by atoms with Crippen LogP contribution in [0.5, 0.6) is 0 Å². The van der Waals surface area contributed by atoms with E-state index in [1.807, 2.05) is 4.90 Å². The van der Waals surface area contributed by atoms with Crippen molar-refractivity contribution in [3.8, 4) is 0 Å². The summed E-state index contributed by atoms with van der Waals surface area (Å²) >= 11 is 0. The molecule has 6 nitrogen and oxygen atoms in total. The Hall–Kier alpha value is -0.690. The Morgan fingerprint density at radius 2 is 2.05 bits per heavy atom. The first-order chi connectivity index (χ1) is 10.2. The summed E-state index contributed by atoms with van der Waals surface area (Å²) in [5.74, 6) is 0.205. The molecule has 6 heteroatoms. The number of carbonyl (C=O) groups excluding carboxylic acids is 1. The number of morpholine rings is 1. The summed E-state index contributed by atoms with van der Waals surface area (Å²) in [6.07, 6.45) is 3.23. The lowest BCUT2D eigenvalue weighted by molar-refractivity contribution is -0.151. The molecule has 2 atom stereocenters. The molecule has 0 unspecified atom stereocenters. The summed E-state index contributed by atoms with van der Waals surface area (Å²) in [7, 11) is 1.75. The summed E-state index contributed by atoms with van der Waals surface area (Å²) in [5.41, 5.74) is -0.104. The lowest BCUT2D eigenvalue weighted by Crippen LogP contribution is -2.57. The van der Waals surface area contributed by atoms with Crippen LogP contribution in [0.3, 0.4) is 0 Å². The lowest BCUT2D eigenvalue weighted by atomic mass is 9.86. The Morgan fingerprint density at radius 1 is 1.24 bits per heavy atom. The molecule has 3 heterocycles. The van der Waals surface area contributed by atoms with E-state index in [0.29, 0.717) is 32.8 Å². The second-order valence-corrected chi connectivity index (χ2v) is 6.22. The average molecular weight is 298 g/mol. The molecule has 0 bridgehead atoms. The molecular weight excluding hydrogens is 272 g/mol. The van der Waals surface area contributed by atoms with Gasteiger partial charge in [0.05, 0.1) is 31.5 Å². The van der Waals surface area contributed by atoms with E-state index < -0.39 is 0 Å². The molecule has 0 saturated carbocycles. The number of hydrogen-bond donors (Lipinski definition) is 0. The van der Waals surface area contributed by atoms with Crippen LogP contribution in [0.1, 0.15) is 19.3 Å². The molecule has 1 amide bonds. The van der Waals surface area contributed by atoms with Gasteiger partial charge in [0.25, 0.3) is 0 Å². The zero-order chi connectivity index (χ0) is 14.7. The molecule has 3 saturated heterocycles. The first kappa shape index (κ1) is 15.2. The predicted octanol–water partition coefficient (Wildman–Crippen LogP) is 0.115. The Labute approximate surface area is 126 Å². The fraction of sp³-hybridized carbons (Fsp3) is 0.933. The molecule has 3 fully saturated rings. The number of nitrogens with zero attached hydrogens (tertiary/aromatic N) is 2. The molecule has 0 radical (unpaired) electrons. The molecule has 0 N–H and O–H groups in total. The quantitative estimate of drug-likeness (QED) is 0.740.